The van der Waals surface area contributed by atoms with Gasteiger partial charge in [0.15, 0.2) is 0 Å². The summed E-state index contributed by atoms with van der Waals surface area (Å²) in [6.45, 7) is 1.13. The third kappa shape index (κ3) is 3.43. The van der Waals surface area contributed by atoms with Crippen molar-refractivity contribution in [1.29, 1.82) is 0 Å². The van der Waals surface area contributed by atoms with E-state index in [1.54, 1.807) is 0 Å². The van der Waals surface area contributed by atoms with Crippen LogP contribution in [0.15, 0.2) is 18.2 Å². The number of nitrogens with one attached hydrogen (secondary N) is 1. The van der Waals surface area contributed by atoms with Crippen molar-refractivity contribution in [2.45, 2.75) is 19.1 Å². The Hall–Kier alpha value is -1.63. The minimum Gasteiger partial charge on any atom is -0.394 e. The fourth-order valence-electron chi connectivity index (χ4n) is 1.24. The fourth-order valence-corrected chi connectivity index (χ4v) is 1.24. The third-order valence-corrected chi connectivity index (χ3v) is 2.19. The molecule has 1 aromatic carbocycles. The molecule has 7 heteroatoms. The van der Waals surface area contributed by atoms with Crippen molar-refractivity contribution in [3.05, 3.63) is 35.1 Å². The lowest BCUT2D eigenvalue weighted by molar-refractivity contribution is -0.140. The third-order valence-electron chi connectivity index (χ3n) is 2.19. The Kier molecular flexibility index (Phi) is 4.28. The number of hydrogen-bond acceptors (Lipinski definition) is 2. The van der Waals surface area contributed by atoms with E-state index in [1.807, 2.05) is 0 Å². The van der Waals surface area contributed by atoms with Gasteiger partial charge in [-0.25, -0.2) is 4.39 Å². The number of alkyl halides is 3. The van der Waals surface area contributed by atoms with E-state index < -0.39 is 29.5 Å². The quantitative estimate of drug-likeness (QED) is 0.821. The molecule has 0 radical (unpaired) electrons. The largest absolute Gasteiger partial charge is 0.419 e. The van der Waals surface area contributed by atoms with Crippen molar-refractivity contribution in [1.82, 2.24) is 5.32 Å². The van der Waals surface area contributed by atoms with Gasteiger partial charge in [-0.2, -0.15) is 13.2 Å². The normalized spacial score (nSPS) is 13.2. The molecule has 1 rings (SSSR count). The molecule has 2 N–H and O–H groups in total. The van der Waals surface area contributed by atoms with Gasteiger partial charge in [0.25, 0.3) is 5.91 Å². The maximum absolute atomic E-state index is 13.0. The molecule has 18 heavy (non-hydrogen) atoms. The molecule has 100 valence electrons. The lowest BCUT2D eigenvalue weighted by atomic mass is 10.1. The van der Waals surface area contributed by atoms with E-state index in [0.717, 1.165) is 6.07 Å². The molecule has 0 bridgehead atoms. The molecule has 1 atom stereocenters. The molecule has 0 aliphatic heterocycles. The van der Waals surface area contributed by atoms with E-state index in [2.05, 4.69) is 5.32 Å². The van der Waals surface area contributed by atoms with Gasteiger partial charge in [0, 0.05) is 11.6 Å². The number of halogens is 4. The first-order valence-corrected chi connectivity index (χ1v) is 5.04. The second-order valence-corrected chi connectivity index (χ2v) is 3.75. The molecule has 0 saturated carbocycles. The van der Waals surface area contributed by atoms with E-state index >= 15 is 0 Å². The van der Waals surface area contributed by atoms with Gasteiger partial charge < -0.3 is 10.4 Å². The van der Waals surface area contributed by atoms with Crippen LogP contribution in [0.25, 0.3) is 0 Å². The highest BCUT2D eigenvalue weighted by atomic mass is 19.4. The smallest absolute Gasteiger partial charge is 0.394 e. The molecule has 0 saturated heterocycles. The molecule has 0 aliphatic rings. The van der Waals surface area contributed by atoms with Gasteiger partial charge in [-0.1, -0.05) is 0 Å². The van der Waals surface area contributed by atoms with Crippen molar-refractivity contribution in [2.75, 3.05) is 6.61 Å². The minimum absolute atomic E-state index is 0.316. The van der Waals surface area contributed by atoms with Crippen LogP contribution in [0.1, 0.15) is 22.8 Å². The van der Waals surface area contributed by atoms with Crippen LogP contribution >= 0.6 is 0 Å². The van der Waals surface area contributed by atoms with Crippen LogP contribution in [0.2, 0.25) is 0 Å². The highest BCUT2D eigenvalue weighted by Crippen LogP contribution is 2.31. The number of amides is 1. The molecular formula is C11H11F4NO2. The van der Waals surface area contributed by atoms with Crippen LogP contribution in [-0.4, -0.2) is 23.7 Å². The maximum Gasteiger partial charge on any atom is 0.419 e. The summed E-state index contributed by atoms with van der Waals surface area (Å²) in [5.74, 6) is -2.24. The predicted molar refractivity (Wildman–Crippen MR) is 55.4 cm³/mol. The van der Waals surface area contributed by atoms with Gasteiger partial charge >= 0.3 is 6.18 Å². The fraction of sp³-hybridized carbons (Fsp3) is 0.364. The zero-order valence-electron chi connectivity index (χ0n) is 9.38. The van der Waals surface area contributed by atoms with E-state index in [0.29, 0.717) is 12.1 Å². The Balaban J connectivity index is 3.02. The van der Waals surface area contributed by atoms with Crippen LogP contribution in [0, 0.1) is 5.82 Å². The van der Waals surface area contributed by atoms with Gasteiger partial charge in [0.05, 0.1) is 12.2 Å². The number of rotatable bonds is 3. The number of aliphatic hydroxyl groups is 1. The van der Waals surface area contributed by atoms with Gasteiger partial charge in [0.2, 0.25) is 0 Å². The molecule has 1 aromatic rings. The summed E-state index contributed by atoms with van der Waals surface area (Å²) in [5.41, 5.74) is -1.81. The van der Waals surface area contributed by atoms with Crippen molar-refractivity contribution < 1.29 is 27.5 Å². The Morgan fingerprint density at radius 2 is 2.06 bits per heavy atom. The minimum atomic E-state index is -4.86. The Morgan fingerprint density at radius 1 is 1.44 bits per heavy atom. The summed E-state index contributed by atoms with van der Waals surface area (Å²) in [4.78, 5) is 11.5. The number of benzene rings is 1. The van der Waals surface area contributed by atoms with Crippen LogP contribution in [-0.2, 0) is 6.18 Å². The number of carbonyl (C=O) groups is 1. The molecule has 0 aromatic heterocycles. The van der Waals surface area contributed by atoms with Crippen molar-refractivity contribution in [3.63, 3.8) is 0 Å². The Bertz CT molecular complexity index is 445. The molecule has 1 amide bonds. The number of carbonyl (C=O) groups excluding carboxylic acids is 1. The molecule has 3 nitrogen and oxygen atoms in total. The van der Waals surface area contributed by atoms with Gasteiger partial charge in [-0.05, 0) is 25.1 Å². The highest BCUT2D eigenvalue weighted by Gasteiger charge is 2.34. The van der Waals surface area contributed by atoms with E-state index in [-0.39, 0.29) is 12.2 Å². The number of aliphatic hydroxyl groups excluding tert-OH is 1. The summed E-state index contributed by atoms with van der Waals surface area (Å²) < 4.78 is 50.2. The Morgan fingerprint density at radius 3 is 2.56 bits per heavy atom. The van der Waals surface area contributed by atoms with E-state index in [4.69, 9.17) is 5.11 Å². The van der Waals surface area contributed by atoms with Gasteiger partial charge in [-0.15, -0.1) is 0 Å². The molecule has 0 aliphatic carbocycles. The zero-order valence-corrected chi connectivity index (χ0v) is 9.38. The second-order valence-electron chi connectivity index (χ2n) is 3.75. The summed E-state index contributed by atoms with van der Waals surface area (Å²) >= 11 is 0. The van der Waals surface area contributed by atoms with Crippen molar-refractivity contribution in [2.24, 2.45) is 0 Å². The van der Waals surface area contributed by atoms with Crippen molar-refractivity contribution >= 4 is 5.91 Å². The summed E-state index contributed by atoms with van der Waals surface area (Å²) in [5, 5.41) is 11.0. The monoisotopic (exact) mass is 265 g/mol. The van der Waals surface area contributed by atoms with Gasteiger partial charge in [-0.3, -0.25) is 4.79 Å². The van der Waals surface area contributed by atoms with Gasteiger partial charge in [0.1, 0.15) is 5.82 Å². The summed E-state index contributed by atoms with van der Waals surface area (Å²) in [6, 6.07) is 1.37. The maximum atomic E-state index is 13.0. The Labute approximate surface area is 100 Å². The molecule has 1 unspecified atom stereocenters. The first kappa shape index (κ1) is 14.4. The molecule has 0 spiro atoms. The molecule has 0 fully saturated rings. The lowest BCUT2D eigenvalue weighted by Gasteiger charge is -2.13. The average molecular weight is 265 g/mol. The van der Waals surface area contributed by atoms with Crippen LogP contribution in [0.4, 0.5) is 17.6 Å². The SMILES string of the molecule is CC(CO)NC(=O)c1ccc(F)c(C(F)(F)F)c1. The second kappa shape index (κ2) is 5.34. The first-order valence-electron chi connectivity index (χ1n) is 5.04. The standard InChI is InChI=1S/C11H11F4NO2/c1-6(5-17)16-10(18)7-2-3-9(12)8(4-7)11(13,14)15/h2-4,6,17H,5H2,1H3,(H,16,18). The van der Waals surface area contributed by atoms with E-state index in [1.165, 1.54) is 6.92 Å². The first-order chi connectivity index (χ1) is 8.25. The average Bonchev–Trinajstić information content (AvgIpc) is 2.27. The summed E-state index contributed by atoms with van der Waals surface area (Å²) in [6.07, 6.45) is -4.86. The predicted octanol–water partition coefficient (Wildman–Crippen LogP) is 1.96. The molecular weight excluding hydrogens is 254 g/mol. The van der Waals surface area contributed by atoms with E-state index in [9.17, 15) is 22.4 Å². The summed E-state index contributed by atoms with van der Waals surface area (Å²) in [7, 11) is 0. The zero-order chi connectivity index (χ0) is 13.9. The van der Waals surface area contributed by atoms with Crippen LogP contribution in [0.5, 0.6) is 0 Å². The highest BCUT2D eigenvalue weighted by molar-refractivity contribution is 5.94. The molecule has 0 heterocycles. The topological polar surface area (TPSA) is 49.3 Å². The van der Waals surface area contributed by atoms with Crippen LogP contribution in [0.3, 0.4) is 0 Å². The van der Waals surface area contributed by atoms with Crippen LogP contribution < -0.4 is 5.32 Å². The lowest BCUT2D eigenvalue weighted by Crippen LogP contribution is -2.35. The number of hydrogen-bond donors (Lipinski definition) is 2. The van der Waals surface area contributed by atoms with Crippen molar-refractivity contribution in [3.8, 4) is 0 Å².